The molecule has 1 aromatic rings. The van der Waals surface area contributed by atoms with Crippen LogP contribution in [0.15, 0.2) is 24.3 Å². The van der Waals surface area contributed by atoms with Crippen LogP contribution in [0.3, 0.4) is 0 Å². The van der Waals surface area contributed by atoms with Crippen LogP contribution in [0.5, 0.6) is 0 Å². The lowest BCUT2D eigenvalue weighted by Crippen LogP contribution is -2.41. The summed E-state index contributed by atoms with van der Waals surface area (Å²) in [4.78, 5) is -0.133. The molecule has 0 aliphatic carbocycles. The van der Waals surface area contributed by atoms with Crippen molar-refractivity contribution in [2.24, 2.45) is 0 Å². The molecule has 0 heterocycles. The Kier molecular flexibility index (Phi) is 4.67. The number of hydrogen-bond donors (Lipinski definition) is 0. The van der Waals surface area contributed by atoms with Gasteiger partial charge in [0.1, 0.15) is 0 Å². The Labute approximate surface area is 116 Å². The van der Waals surface area contributed by atoms with E-state index >= 15 is 0 Å². The van der Waals surface area contributed by atoms with Crippen molar-refractivity contribution in [2.45, 2.75) is 29.8 Å². The van der Waals surface area contributed by atoms with Gasteiger partial charge in [-0.1, -0.05) is 39.7 Å². The van der Waals surface area contributed by atoms with E-state index in [1.165, 1.54) is 6.26 Å². The second-order valence-electron chi connectivity index (χ2n) is 4.67. The van der Waals surface area contributed by atoms with Gasteiger partial charge in [-0.3, -0.25) is 0 Å². The van der Waals surface area contributed by atoms with E-state index in [4.69, 9.17) is 11.6 Å². The van der Waals surface area contributed by atoms with Gasteiger partial charge in [-0.15, -0.1) is 0 Å². The zero-order chi connectivity index (χ0) is 13.3. The Morgan fingerprint density at radius 3 is 2.18 bits per heavy atom. The van der Waals surface area contributed by atoms with Crippen molar-refractivity contribution in [3.63, 3.8) is 0 Å². The van der Waals surface area contributed by atoms with Crippen LogP contribution in [0.2, 0.25) is 5.02 Å². The van der Waals surface area contributed by atoms with Gasteiger partial charge in [-0.05, 0) is 38.0 Å². The van der Waals surface area contributed by atoms with Gasteiger partial charge in [0.25, 0.3) is 0 Å². The molecule has 0 aliphatic heterocycles. The number of halogens is 2. The average molecular weight is 340 g/mol. The van der Waals surface area contributed by atoms with Gasteiger partial charge in [0, 0.05) is 16.1 Å². The van der Waals surface area contributed by atoms with Gasteiger partial charge in [-0.2, -0.15) is 0 Å². The highest BCUT2D eigenvalue weighted by Crippen LogP contribution is 2.29. The maximum Gasteiger partial charge on any atom is 0.153 e. The molecule has 0 N–H and O–H groups in total. The molecule has 1 rings (SSSR count). The third-order valence-electron chi connectivity index (χ3n) is 3.04. The molecule has 1 aromatic carbocycles. The third-order valence-corrected chi connectivity index (χ3v) is 7.26. The molecule has 0 spiro atoms. The van der Waals surface area contributed by atoms with E-state index in [1.807, 2.05) is 24.3 Å². The summed E-state index contributed by atoms with van der Waals surface area (Å²) >= 11 is 9.28. The van der Waals surface area contributed by atoms with Gasteiger partial charge in [-0.25, -0.2) is 8.42 Å². The molecule has 0 saturated heterocycles. The largest absolute Gasteiger partial charge is 0.229 e. The molecule has 0 radical (unpaired) electrons. The maximum atomic E-state index is 11.7. The topological polar surface area (TPSA) is 34.1 Å². The van der Waals surface area contributed by atoms with E-state index in [1.54, 1.807) is 13.8 Å². The smallest absolute Gasteiger partial charge is 0.153 e. The zero-order valence-electron chi connectivity index (χ0n) is 10.1. The predicted molar refractivity (Wildman–Crippen MR) is 76.8 cm³/mol. The average Bonchev–Trinajstić information content (AvgIpc) is 2.19. The van der Waals surface area contributed by atoms with Gasteiger partial charge < -0.3 is 0 Å². The van der Waals surface area contributed by atoms with Crippen molar-refractivity contribution in [3.05, 3.63) is 34.9 Å². The first-order valence-electron chi connectivity index (χ1n) is 5.22. The summed E-state index contributed by atoms with van der Waals surface area (Å²) in [7, 11) is -3.10. The van der Waals surface area contributed by atoms with Gasteiger partial charge in [0.15, 0.2) is 9.84 Å². The highest BCUT2D eigenvalue weighted by molar-refractivity contribution is 9.09. The van der Waals surface area contributed by atoms with Crippen molar-refractivity contribution in [3.8, 4) is 0 Å². The molecule has 0 bridgehead atoms. The van der Waals surface area contributed by atoms with Crippen molar-refractivity contribution >= 4 is 37.4 Å². The minimum atomic E-state index is -3.10. The van der Waals surface area contributed by atoms with E-state index in [-0.39, 0.29) is 4.83 Å². The Morgan fingerprint density at radius 1 is 1.29 bits per heavy atom. The maximum absolute atomic E-state index is 11.7. The first kappa shape index (κ1) is 15.0. The van der Waals surface area contributed by atoms with Crippen LogP contribution in [-0.4, -0.2) is 24.2 Å². The summed E-state index contributed by atoms with van der Waals surface area (Å²) in [5.74, 6) is 0. The molecular weight excluding hydrogens is 324 g/mol. The Bertz CT molecular complexity index is 480. The van der Waals surface area contributed by atoms with Crippen molar-refractivity contribution in [1.82, 2.24) is 0 Å². The quantitative estimate of drug-likeness (QED) is 0.787. The number of alkyl halides is 1. The fourth-order valence-corrected chi connectivity index (χ4v) is 3.37. The molecule has 0 saturated carbocycles. The molecule has 0 aromatic heterocycles. The molecule has 0 fully saturated rings. The van der Waals surface area contributed by atoms with Crippen LogP contribution in [0.4, 0.5) is 0 Å². The Hall–Kier alpha value is -0.0600. The zero-order valence-corrected chi connectivity index (χ0v) is 13.2. The summed E-state index contributed by atoms with van der Waals surface area (Å²) < 4.78 is 22.6. The van der Waals surface area contributed by atoms with E-state index in [9.17, 15) is 8.42 Å². The summed E-state index contributed by atoms with van der Waals surface area (Å²) in [5.41, 5.74) is 1.06. The molecule has 17 heavy (non-hydrogen) atoms. The molecule has 0 aliphatic rings. The standard InChI is InChI=1S/C12H16BrClO2S/c1-12(2,17(3,15)16)11(13)8-9-4-6-10(14)7-5-9/h4-7,11H,8H2,1-3H3. The molecule has 1 unspecified atom stereocenters. The molecule has 1 atom stereocenters. The summed E-state index contributed by atoms with van der Waals surface area (Å²) in [6.45, 7) is 3.47. The van der Waals surface area contributed by atoms with Crippen molar-refractivity contribution < 1.29 is 8.42 Å². The van der Waals surface area contributed by atoms with E-state index < -0.39 is 14.6 Å². The second-order valence-corrected chi connectivity index (χ2v) is 8.81. The fourth-order valence-electron chi connectivity index (χ4n) is 1.31. The molecule has 2 nitrogen and oxygen atoms in total. The SMILES string of the molecule is CC(C)(C(Br)Cc1ccc(Cl)cc1)S(C)(=O)=O. The number of sulfone groups is 1. The van der Waals surface area contributed by atoms with Crippen LogP contribution in [0.1, 0.15) is 19.4 Å². The molecule has 96 valence electrons. The fraction of sp³-hybridized carbons (Fsp3) is 0.500. The summed E-state index contributed by atoms with van der Waals surface area (Å²) in [6.07, 6.45) is 1.92. The summed E-state index contributed by atoms with van der Waals surface area (Å²) in [6, 6.07) is 7.44. The predicted octanol–water partition coefficient (Wildman–Crippen LogP) is 3.47. The number of rotatable bonds is 4. The minimum Gasteiger partial charge on any atom is -0.229 e. The molecular formula is C12H16BrClO2S. The van der Waals surface area contributed by atoms with Crippen LogP contribution in [0.25, 0.3) is 0 Å². The minimum absolute atomic E-state index is 0.133. The Morgan fingerprint density at radius 2 is 1.76 bits per heavy atom. The van der Waals surface area contributed by atoms with Gasteiger partial charge in [0.05, 0.1) is 4.75 Å². The third kappa shape index (κ3) is 3.70. The first-order valence-corrected chi connectivity index (χ1v) is 8.41. The lowest BCUT2D eigenvalue weighted by atomic mass is 10.0. The van der Waals surface area contributed by atoms with Crippen molar-refractivity contribution in [2.75, 3.05) is 6.26 Å². The van der Waals surface area contributed by atoms with E-state index in [0.717, 1.165) is 5.56 Å². The first-order chi connectivity index (χ1) is 7.64. The monoisotopic (exact) mass is 338 g/mol. The van der Waals surface area contributed by atoms with Crippen LogP contribution in [0, 0.1) is 0 Å². The lowest BCUT2D eigenvalue weighted by Gasteiger charge is -2.28. The van der Waals surface area contributed by atoms with E-state index in [2.05, 4.69) is 15.9 Å². The normalized spacial score (nSPS) is 14.6. The second kappa shape index (κ2) is 5.29. The summed E-state index contributed by atoms with van der Waals surface area (Å²) in [5, 5.41) is 0.683. The number of hydrogen-bond acceptors (Lipinski definition) is 2. The van der Waals surface area contributed by atoms with Gasteiger partial charge >= 0.3 is 0 Å². The number of benzene rings is 1. The Balaban J connectivity index is 2.86. The molecule has 0 amide bonds. The van der Waals surface area contributed by atoms with E-state index in [0.29, 0.717) is 11.4 Å². The lowest BCUT2D eigenvalue weighted by molar-refractivity contribution is 0.542. The highest BCUT2D eigenvalue weighted by Gasteiger charge is 2.37. The van der Waals surface area contributed by atoms with Crippen LogP contribution >= 0.6 is 27.5 Å². The van der Waals surface area contributed by atoms with Crippen molar-refractivity contribution in [1.29, 1.82) is 0 Å². The van der Waals surface area contributed by atoms with Gasteiger partial charge in [0.2, 0.25) is 0 Å². The molecule has 5 heteroatoms. The van der Waals surface area contributed by atoms with Crippen LogP contribution in [-0.2, 0) is 16.3 Å². The highest BCUT2D eigenvalue weighted by atomic mass is 79.9. The van der Waals surface area contributed by atoms with Crippen LogP contribution < -0.4 is 0 Å².